The molecule has 0 saturated heterocycles. The minimum atomic E-state index is -0.217. The van der Waals surface area contributed by atoms with Crippen molar-refractivity contribution in [2.24, 2.45) is 10.9 Å². The average Bonchev–Trinajstić information content (AvgIpc) is 2.41. The summed E-state index contributed by atoms with van der Waals surface area (Å²) in [5.41, 5.74) is 0. The van der Waals surface area contributed by atoms with Crippen LogP contribution >= 0.6 is 0 Å². The molecule has 0 amide bonds. The monoisotopic (exact) mass is 269 g/mol. The number of methoxy groups -OCH3 is 1. The summed E-state index contributed by atoms with van der Waals surface area (Å²) in [4.78, 5) is 15.5. The van der Waals surface area contributed by atoms with Gasteiger partial charge in [-0.2, -0.15) is 0 Å². The number of aliphatic imine (C=N–C) groups is 1. The molecule has 0 aromatic rings. The summed E-state index contributed by atoms with van der Waals surface area (Å²) < 4.78 is 4.60. The first-order valence-electron chi connectivity index (χ1n) is 7.27. The van der Waals surface area contributed by atoms with Gasteiger partial charge in [-0.25, -0.2) is 0 Å². The maximum Gasteiger partial charge on any atom is 0.307 e. The Hall–Kier alpha value is -1.26. The van der Waals surface area contributed by atoms with Gasteiger partial charge in [0.2, 0.25) is 0 Å². The summed E-state index contributed by atoms with van der Waals surface area (Å²) in [6.07, 6.45) is 5.28. The van der Waals surface area contributed by atoms with Crippen molar-refractivity contribution >= 4 is 11.9 Å². The van der Waals surface area contributed by atoms with Gasteiger partial charge in [0.1, 0.15) is 0 Å². The van der Waals surface area contributed by atoms with E-state index in [-0.39, 0.29) is 5.97 Å². The molecule has 1 saturated carbocycles. The molecule has 0 aliphatic heterocycles. The van der Waals surface area contributed by atoms with Gasteiger partial charge in [-0.1, -0.05) is 6.92 Å². The molecule has 0 radical (unpaired) electrons. The van der Waals surface area contributed by atoms with Crippen LogP contribution in [0.4, 0.5) is 0 Å². The Kier molecular flexibility index (Phi) is 7.30. The van der Waals surface area contributed by atoms with Gasteiger partial charge < -0.3 is 15.4 Å². The summed E-state index contributed by atoms with van der Waals surface area (Å²) in [7, 11) is 1.40. The first kappa shape index (κ1) is 15.8. The van der Waals surface area contributed by atoms with E-state index in [1.165, 1.54) is 32.8 Å². The molecule has 110 valence electrons. The Morgan fingerprint density at radius 2 is 2.00 bits per heavy atom. The molecule has 19 heavy (non-hydrogen) atoms. The zero-order chi connectivity index (χ0) is 14.1. The van der Waals surface area contributed by atoms with Crippen molar-refractivity contribution in [3.05, 3.63) is 0 Å². The number of carbonyl (C=O) groups excluding carboxylic acids is 1. The number of nitrogens with one attached hydrogen (secondary N) is 2. The molecule has 1 aliphatic rings. The topological polar surface area (TPSA) is 62.7 Å². The van der Waals surface area contributed by atoms with Crippen molar-refractivity contribution in [3.63, 3.8) is 0 Å². The molecular weight excluding hydrogens is 242 g/mol. The van der Waals surface area contributed by atoms with E-state index < -0.39 is 0 Å². The van der Waals surface area contributed by atoms with E-state index in [1.54, 1.807) is 0 Å². The van der Waals surface area contributed by atoms with Crippen molar-refractivity contribution in [1.82, 2.24) is 10.6 Å². The quantitative estimate of drug-likeness (QED) is 0.453. The van der Waals surface area contributed by atoms with Crippen LogP contribution in [0, 0.1) is 5.92 Å². The van der Waals surface area contributed by atoms with E-state index >= 15 is 0 Å². The summed E-state index contributed by atoms with van der Waals surface area (Å²) in [5.74, 6) is 1.44. The molecule has 0 aromatic carbocycles. The lowest BCUT2D eigenvalue weighted by Crippen LogP contribution is -2.44. The lowest BCUT2D eigenvalue weighted by molar-refractivity contribution is -0.140. The molecule has 0 heterocycles. The van der Waals surface area contributed by atoms with E-state index in [9.17, 15) is 4.79 Å². The summed E-state index contributed by atoms with van der Waals surface area (Å²) in [5, 5.41) is 6.68. The number of hydrogen-bond donors (Lipinski definition) is 2. The number of carbonyl (C=O) groups is 1. The third kappa shape index (κ3) is 6.45. The summed E-state index contributed by atoms with van der Waals surface area (Å²) in [6, 6.07) is 0.507. The Morgan fingerprint density at radius 3 is 2.58 bits per heavy atom. The van der Waals surface area contributed by atoms with Gasteiger partial charge in [0, 0.05) is 12.6 Å². The second-order valence-corrected chi connectivity index (χ2v) is 5.19. The van der Waals surface area contributed by atoms with Gasteiger partial charge in [0.25, 0.3) is 0 Å². The Morgan fingerprint density at radius 1 is 1.32 bits per heavy atom. The molecule has 0 aromatic heterocycles. The van der Waals surface area contributed by atoms with Gasteiger partial charge in [0.05, 0.1) is 20.1 Å². The van der Waals surface area contributed by atoms with E-state index in [1.807, 2.05) is 6.92 Å². The highest BCUT2D eigenvalue weighted by atomic mass is 16.5. The van der Waals surface area contributed by atoms with Crippen LogP contribution in [0.5, 0.6) is 0 Å². The third-order valence-corrected chi connectivity index (χ3v) is 3.51. The molecule has 0 unspecified atom stereocenters. The van der Waals surface area contributed by atoms with E-state index in [4.69, 9.17) is 0 Å². The second kappa shape index (κ2) is 8.77. The second-order valence-electron chi connectivity index (χ2n) is 5.19. The molecule has 1 rings (SSSR count). The zero-order valence-electron chi connectivity index (χ0n) is 12.4. The molecule has 1 aliphatic carbocycles. The molecule has 0 bridgehead atoms. The Balaban J connectivity index is 2.38. The maximum absolute atomic E-state index is 11.0. The molecule has 2 N–H and O–H groups in total. The van der Waals surface area contributed by atoms with Crippen LogP contribution in [0.1, 0.15) is 46.0 Å². The largest absolute Gasteiger partial charge is 0.469 e. The molecule has 1 fully saturated rings. The molecule has 5 heteroatoms. The van der Waals surface area contributed by atoms with Crippen LogP contribution in [-0.4, -0.2) is 38.2 Å². The number of hydrogen-bond acceptors (Lipinski definition) is 3. The van der Waals surface area contributed by atoms with Crippen molar-refractivity contribution in [2.45, 2.75) is 52.0 Å². The standard InChI is InChI=1S/C14H27N3O2/c1-4-15-14(16-10-9-13(18)19-3)17-12-7-5-11(2)6-8-12/h11-12H,4-10H2,1-3H3,(H2,15,16,17). The van der Waals surface area contributed by atoms with Crippen molar-refractivity contribution in [3.8, 4) is 0 Å². The SMILES string of the molecule is CCNC(=NCCC(=O)OC)NC1CCC(C)CC1. The normalized spacial score (nSPS) is 23.8. The maximum atomic E-state index is 11.0. The fourth-order valence-electron chi connectivity index (χ4n) is 2.28. The van der Waals surface area contributed by atoms with Crippen molar-refractivity contribution < 1.29 is 9.53 Å². The van der Waals surface area contributed by atoms with Crippen molar-refractivity contribution in [1.29, 1.82) is 0 Å². The Bertz CT molecular complexity index is 297. The van der Waals surface area contributed by atoms with Gasteiger partial charge in [0.15, 0.2) is 5.96 Å². The number of nitrogens with zero attached hydrogens (tertiary/aromatic N) is 1. The molecule has 0 atom stereocenters. The number of guanidine groups is 1. The summed E-state index contributed by atoms with van der Waals surface area (Å²) in [6.45, 7) is 5.64. The predicted octanol–water partition coefficient (Wildman–Crippen LogP) is 1.68. The number of esters is 1. The fraction of sp³-hybridized carbons (Fsp3) is 0.857. The fourth-order valence-corrected chi connectivity index (χ4v) is 2.28. The van der Waals surface area contributed by atoms with Gasteiger partial charge in [-0.05, 0) is 38.5 Å². The lowest BCUT2D eigenvalue weighted by Gasteiger charge is -2.28. The lowest BCUT2D eigenvalue weighted by atomic mass is 9.87. The van der Waals surface area contributed by atoms with Crippen LogP contribution < -0.4 is 10.6 Å². The molecule has 5 nitrogen and oxygen atoms in total. The van der Waals surface area contributed by atoms with E-state index in [0.717, 1.165) is 18.4 Å². The highest BCUT2D eigenvalue weighted by Gasteiger charge is 2.18. The summed E-state index contributed by atoms with van der Waals surface area (Å²) >= 11 is 0. The van der Waals surface area contributed by atoms with Crippen LogP contribution in [0.15, 0.2) is 4.99 Å². The van der Waals surface area contributed by atoms with Gasteiger partial charge in [-0.15, -0.1) is 0 Å². The highest BCUT2D eigenvalue weighted by Crippen LogP contribution is 2.23. The zero-order valence-corrected chi connectivity index (χ0v) is 12.4. The van der Waals surface area contributed by atoms with Crippen LogP contribution in [-0.2, 0) is 9.53 Å². The van der Waals surface area contributed by atoms with E-state index in [0.29, 0.717) is 19.0 Å². The number of rotatable bonds is 5. The first-order valence-corrected chi connectivity index (χ1v) is 7.27. The van der Waals surface area contributed by atoms with Crippen LogP contribution in [0.2, 0.25) is 0 Å². The number of ether oxygens (including phenoxy) is 1. The van der Waals surface area contributed by atoms with Crippen LogP contribution in [0.3, 0.4) is 0 Å². The van der Waals surface area contributed by atoms with Gasteiger partial charge >= 0.3 is 5.97 Å². The minimum Gasteiger partial charge on any atom is -0.469 e. The van der Waals surface area contributed by atoms with Crippen LogP contribution in [0.25, 0.3) is 0 Å². The molecule has 0 spiro atoms. The average molecular weight is 269 g/mol. The Labute approximate surface area is 116 Å². The first-order chi connectivity index (χ1) is 9.15. The van der Waals surface area contributed by atoms with E-state index in [2.05, 4.69) is 27.3 Å². The third-order valence-electron chi connectivity index (χ3n) is 3.51. The van der Waals surface area contributed by atoms with Gasteiger partial charge in [-0.3, -0.25) is 9.79 Å². The van der Waals surface area contributed by atoms with Crippen molar-refractivity contribution in [2.75, 3.05) is 20.2 Å². The molecular formula is C14H27N3O2. The predicted molar refractivity (Wildman–Crippen MR) is 77.2 cm³/mol. The highest BCUT2D eigenvalue weighted by molar-refractivity contribution is 5.80. The smallest absolute Gasteiger partial charge is 0.307 e. The minimum absolute atomic E-state index is 0.217.